The van der Waals surface area contributed by atoms with E-state index in [1.54, 1.807) is 0 Å². The van der Waals surface area contributed by atoms with Gasteiger partial charge in [-0.05, 0) is 0 Å². The van der Waals surface area contributed by atoms with Gasteiger partial charge in [0.1, 0.15) is 0 Å². The second kappa shape index (κ2) is 19.4. The van der Waals surface area contributed by atoms with E-state index in [1.807, 2.05) is 72.8 Å². The van der Waals surface area contributed by atoms with E-state index in [-0.39, 0.29) is 45.8 Å². The number of nitriles is 2. The Balaban J connectivity index is 1.14. The van der Waals surface area contributed by atoms with Crippen LogP contribution in [-0.2, 0) is 0 Å². The number of benzene rings is 12. The van der Waals surface area contributed by atoms with Crippen molar-refractivity contribution in [3.63, 3.8) is 0 Å². The summed E-state index contributed by atoms with van der Waals surface area (Å²) in [5.41, 5.74) is 21.8. The van der Waals surface area contributed by atoms with Gasteiger partial charge in [0, 0.05) is 0 Å². The van der Waals surface area contributed by atoms with E-state index in [2.05, 4.69) is 198 Å². The minimum absolute atomic E-state index is 0.0808. The van der Waals surface area contributed by atoms with Crippen molar-refractivity contribution < 1.29 is 5.48 Å². The Kier molecular flexibility index (Phi) is 10.4. The summed E-state index contributed by atoms with van der Waals surface area (Å²) in [6.07, 6.45) is 0. The SMILES string of the molecule is [2H]c1c([2H])c([2H])c2c(c1[2H])c1ccccc1n2-c1cc2c3c(c1)N(c1c(-c4ccc(C#N)cc4)cccc1-c1ccc(C#N)cc1)c1cc(-c4ccccc4)c(-c4ccccc4)cc1B3c1cc(-c3ccccc3)c(-c3ccccc3)cc1[Se]2. The molecule has 0 fully saturated rings. The zero-order valence-electron chi connectivity index (χ0n) is 46.9. The zero-order chi connectivity index (χ0) is 56.7. The van der Waals surface area contributed by atoms with Gasteiger partial charge in [0.05, 0.1) is 0 Å². The topological polar surface area (TPSA) is 55.8 Å². The predicted octanol–water partition coefficient (Wildman–Crippen LogP) is 14.8. The predicted molar refractivity (Wildman–Crippen MR) is 334 cm³/mol. The van der Waals surface area contributed by atoms with Gasteiger partial charge in [-0.25, -0.2) is 0 Å². The first kappa shape index (κ1) is 42.9. The third-order valence-corrected chi connectivity index (χ3v) is 18.2. The van der Waals surface area contributed by atoms with E-state index in [1.165, 1.54) is 9.92 Å². The van der Waals surface area contributed by atoms with Gasteiger partial charge < -0.3 is 0 Å². The van der Waals surface area contributed by atoms with Crippen molar-refractivity contribution in [1.82, 2.24) is 4.57 Å². The number of hydrogen-bond donors (Lipinski definition) is 0. The maximum atomic E-state index is 10.1. The fourth-order valence-corrected chi connectivity index (χ4v) is 14.8. The minimum atomic E-state index is -0.319. The van der Waals surface area contributed by atoms with Gasteiger partial charge in [0.25, 0.3) is 0 Å². The van der Waals surface area contributed by atoms with E-state index in [0.29, 0.717) is 22.0 Å². The molecule has 13 aromatic rings. The van der Waals surface area contributed by atoms with Gasteiger partial charge in [0.15, 0.2) is 0 Å². The second-order valence-corrected chi connectivity index (χ2v) is 22.5. The third kappa shape index (κ3) is 7.73. The number of para-hydroxylation sites is 3. The Morgan fingerprint density at radius 1 is 0.388 bits per heavy atom. The molecule has 1 aromatic heterocycles. The number of nitrogens with zero attached hydrogens (tertiary/aromatic N) is 4. The summed E-state index contributed by atoms with van der Waals surface area (Å²) in [6, 6.07) is 90.6. The molecule has 370 valence electrons. The van der Waals surface area contributed by atoms with E-state index in [4.69, 9.17) is 2.74 Å². The standard InChI is InChI=1S/C74H45BN4Se/c76-46-48-32-36-54(37-33-48)57-28-17-29-58(55-38-34-49(47-77)35-39-55)74(57)79-69-44-63(52-22-9-3-10-23-52)61(50-18-5-1-6-19-50)42-65(69)75-66-43-62(51-20-7-2-8-21-51)64(53-24-11-4-12-25-53)45-71(66)80-72-41-56(40-70(79)73(72)75)78-67-30-15-13-26-59(67)60-27-14-16-31-68(60)78/h1-45H/i13D,15D,26D,30D. The van der Waals surface area contributed by atoms with Crippen LogP contribution in [0.2, 0.25) is 0 Å². The van der Waals surface area contributed by atoms with Crippen molar-refractivity contribution in [2.75, 3.05) is 4.90 Å². The molecule has 12 aromatic carbocycles. The van der Waals surface area contributed by atoms with E-state index < -0.39 is 0 Å². The quantitative estimate of drug-likeness (QED) is 0.143. The van der Waals surface area contributed by atoms with Gasteiger partial charge in [0.2, 0.25) is 0 Å². The molecule has 15 rings (SSSR count). The zero-order valence-corrected chi connectivity index (χ0v) is 44.7. The molecule has 0 bridgehead atoms. The molecule has 4 nitrogen and oxygen atoms in total. The number of fused-ring (bicyclic) bond motifs is 7. The van der Waals surface area contributed by atoms with Crippen LogP contribution >= 0.6 is 0 Å². The molecule has 0 N–H and O–H groups in total. The molecule has 3 heterocycles. The first-order chi connectivity index (χ1) is 41.3. The normalized spacial score (nSPS) is 12.8. The Morgan fingerprint density at radius 2 is 0.875 bits per heavy atom. The summed E-state index contributed by atoms with van der Waals surface area (Å²) in [7, 11) is 0. The number of hydrogen-bond acceptors (Lipinski definition) is 3. The molecule has 0 radical (unpaired) electrons. The molecular formula is C74H45BN4Se. The van der Waals surface area contributed by atoms with Crippen LogP contribution in [0.25, 0.3) is 94.3 Å². The number of anilines is 3. The first-order valence-corrected chi connectivity index (χ1v) is 28.3. The molecule has 2 aliphatic heterocycles. The molecule has 0 amide bonds. The van der Waals surface area contributed by atoms with Gasteiger partial charge in [-0.1, -0.05) is 0 Å². The Labute approximate surface area is 477 Å². The summed E-state index contributed by atoms with van der Waals surface area (Å²) in [6.45, 7) is -0.295. The third-order valence-electron chi connectivity index (χ3n) is 15.8. The molecule has 0 spiro atoms. The van der Waals surface area contributed by atoms with Gasteiger partial charge in [-0.3, -0.25) is 0 Å². The molecular weight excluding hydrogens is 1030 g/mol. The van der Waals surface area contributed by atoms with Crippen molar-refractivity contribution in [2.45, 2.75) is 0 Å². The molecule has 2 aliphatic rings. The summed E-state index contributed by atoms with van der Waals surface area (Å²) in [5.74, 6) is 0. The Hall–Kier alpha value is -10.2. The molecule has 80 heavy (non-hydrogen) atoms. The summed E-state index contributed by atoms with van der Waals surface area (Å²) >= 11 is -0.319. The van der Waals surface area contributed by atoms with Gasteiger partial charge in [-0.15, -0.1) is 0 Å². The van der Waals surface area contributed by atoms with E-state index in [9.17, 15) is 13.3 Å². The fourth-order valence-electron chi connectivity index (χ4n) is 12.3. The van der Waals surface area contributed by atoms with E-state index >= 15 is 0 Å². The molecule has 6 heteroatoms. The van der Waals surface area contributed by atoms with Gasteiger partial charge >= 0.3 is 480 Å². The molecule has 0 saturated heterocycles. The Bertz CT molecular complexity index is 4850. The molecule has 0 saturated carbocycles. The van der Waals surface area contributed by atoms with Crippen LogP contribution in [0.5, 0.6) is 0 Å². The Morgan fingerprint density at radius 3 is 1.44 bits per heavy atom. The second-order valence-electron chi connectivity index (χ2n) is 20.3. The number of aromatic nitrogens is 1. The molecule has 0 unspecified atom stereocenters. The monoisotopic (exact) mass is 1080 g/mol. The summed E-state index contributed by atoms with van der Waals surface area (Å²) in [5, 5.41) is 21.4. The number of rotatable bonds is 8. The van der Waals surface area contributed by atoms with Crippen LogP contribution in [-0.4, -0.2) is 26.2 Å². The maximum absolute atomic E-state index is 10.1. The van der Waals surface area contributed by atoms with Crippen molar-refractivity contribution in [3.05, 3.63) is 284 Å². The average Bonchev–Trinajstić information content (AvgIpc) is 1.81. The summed E-state index contributed by atoms with van der Waals surface area (Å²) < 4.78 is 41.6. The van der Waals surface area contributed by atoms with Crippen molar-refractivity contribution in [2.24, 2.45) is 0 Å². The average molecular weight is 1080 g/mol. The van der Waals surface area contributed by atoms with Crippen LogP contribution in [0, 0.1) is 22.7 Å². The fraction of sp³-hybridized carbons (Fsp3) is 0. The van der Waals surface area contributed by atoms with Crippen LogP contribution < -0.4 is 30.2 Å². The molecule has 0 atom stereocenters. The first-order valence-electron chi connectivity index (χ1n) is 28.6. The van der Waals surface area contributed by atoms with Crippen molar-refractivity contribution in [3.8, 4) is 84.6 Å². The van der Waals surface area contributed by atoms with Crippen LogP contribution in [0.15, 0.2) is 273 Å². The van der Waals surface area contributed by atoms with Crippen molar-refractivity contribution in [1.29, 1.82) is 10.5 Å². The van der Waals surface area contributed by atoms with E-state index in [0.717, 1.165) is 116 Å². The van der Waals surface area contributed by atoms with Crippen LogP contribution in [0.4, 0.5) is 17.1 Å². The molecule has 0 aliphatic carbocycles. The van der Waals surface area contributed by atoms with Crippen LogP contribution in [0.1, 0.15) is 16.6 Å². The van der Waals surface area contributed by atoms with Crippen LogP contribution in [0.3, 0.4) is 0 Å². The van der Waals surface area contributed by atoms with Crippen molar-refractivity contribution >= 4 is 85.8 Å². The van der Waals surface area contributed by atoms with Gasteiger partial charge in [-0.2, -0.15) is 0 Å². The summed E-state index contributed by atoms with van der Waals surface area (Å²) in [4.78, 5) is 2.46.